The number of rotatable bonds is 8. The average molecular weight is 340 g/mol. The number of pyridine rings is 1. The van der Waals surface area contributed by atoms with Crippen molar-refractivity contribution in [2.75, 3.05) is 20.3 Å². The number of ether oxygens (including phenoxy) is 2. The number of hydrogen-bond acceptors (Lipinski definition) is 4. The Bertz CT molecular complexity index is 718. The van der Waals surface area contributed by atoms with E-state index in [2.05, 4.69) is 28.5 Å². The van der Waals surface area contributed by atoms with Gasteiger partial charge in [-0.15, -0.1) is 0 Å². The van der Waals surface area contributed by atoms with Gasteiger partial charge >= 0.3 is 0 Å². The van der Waals surface area contributed by atoms with Gasteiger partial charge in [-0.2, -0.15) is 0 Å². The lowest BCUT2D eigenvalue weighted by molar-refractivity contribution is -0.121. The van der Waals surface area contributed by atoms with Crippen molar-refractivity contribution >= 4 is 5.91 Å². The fraction of sp³-hybridized carbons (Fsp3) is 0.400. The van der Waals surface area contributed by atoms with E-state index in [1.807, 2.05) is 18.2 Å². The molecule has 0 aliphatic heterocycles. The second-order valence-corrected chi connectivity index (χ2v) is 6.22. The van der Waals surface area contributed by atoms with E-state index in [0.717, 1.165) is 18.4 Å². The van der Waals surface area contributed by atoms with Gasteiger partial charge in [0.15, 0.2) is 0 Å². The summed E-state index contributed by atoms with van der Waals surface area (Å²) in [6, 6.07) is 12.2. The normalized spacial score (nSPS) is 15.6. The molecule has 1 aliphatic rings. The molecule has 1 aliphatic carbocycles. The first-order valence-electron chi connectivity index (χ1n) is 8.68. The molecular formula is C20H24N2O3. The van der Waals surface area contributed by atoms with Crippen LogP contribution in [0.5, 0.6) is 5.88 Å². The van der Waals surface area contributed by atoms with Gasteiger partial charge in [-0.05, 0) is 36.0 Å². The van der Waals surface area contributed by atoms with Crippen LogP contribution in [0.15, 0.2) is 42.6 Å². The minimum Gasteiger partial charge on any atom is -0.475 e. The van der Waals surface area contributed by atoms with Gasteiger partial charge in [-0.25, -0.2) is 4.98 Å². The molecule has 3 rings (SSSR count). The van der Waals surface area contributed by atoms with Crippen LogP contribution in [0.3, 0.4) is 0 Å². The summed E-state index contributed by atoms with van der Waals surface area (Å²) in [5, 5.41) is 3.00. The zero-order chi connectivity index (χ0) is 17.5. The van der Waals surface area contributed by atoms with Gasteiger partial charge in [0.25, 0.3) is 0 Å². The Balaban J connectivity index is 1.53. The number of nitrogens with one attached hydrogen (secondary N) is 1. The summed E-state index contributed by atoms with van der Waals surface area (Å²) in [4.78, 5) is 16.6. The van der Waals surface area contributed by atoms with Gasteiger partial charge in [0.1, 0.15) is 6.61 Å². The molecule has 0 radical (unpaired) electrons. The van der Waals surface area contributed by atoms with Crippen LogP contribution in [-0.4, -0.2) is 31.2 Å². The highest BCUT2D eigenvalue weighted by molar-refractivity contribution is 5.77. The van der Waals surface area contributed by atoms with Crippen molar-refractivity contribution in [1.29, 1.82) is 0 Å². The first-order valence-corrected chi connectivity index (χ1v) is 8.68. The molecule has 0 unspecified atom stereocenters. The van der Waals surface area contributed by atoms with Gasteiger partial charge in [0.2, 0.25) is 11.8 Å². The zero-order valence-electron chi connectivity index (χ0n) is 14.5. The first-order chi connectivity index (χ1) is 12.3. The molecule has 1 heterocycles. The number of aryl methyl sites for hydroxylation is 1. The van der Waals surface area contributed by atoms with Crippen LogP contribution >= 0.6 is 0 Å². The minimum absolute atomic E-state index is 0.0633. The molecule has 25 heavy (non-hydrogen) atoms. The maximum Gasteiger partial charge on any atom is 0.220 e. The van der Waals surface area contributed by atoms with Crippen molar-refractivity contribution in [1.82, 2.24) is 10.3 Å². The number of benzene rings is 1. The van der Waals surface area contributed by atoms with Gasteiger partial charge in [-0.3, -0.25) is 4.79 Å². The summed E-state index contributed by atoms with van der Waals surface area (Å²) < 4.78 is 10.6. The fourth-order valence-electron chi connectivity index (χ4n) is 3.26. The Morgan fingerprint density at radius 2 is 2.12 bits per heavy atom. The number of carbonyl (C=O) groups is 1. The average Bonchev–Trinajstić information content (AvgIpc) is 3.04. The van der Waals surface area contributed by atoms with E-state index in [4.69, 9.17) is 9.47 Å². The number of nitrogens with zero attached hydrogens (tertiary/aromatic N) is 1. The summed E-state index contributed by atoms with van der Waals surface area (Å²) >= 11 is 0. The molecule has 5 nitrogen and oxygen atoms in total. The third-order valence-corrected chi connectivity index (χ3v) is 4.54. The van der Waals surface area contributed by atoms with Crippen LogP contribution < -0.4 is 10.1 Å². The molecule has 1 N–H and O–H groups in total. The second kappa shape index (κ2) is 8.62. The van der Waals surface area contributed by atoms with Crippen LogP contribution in [0.4, 0.5) is 0 Å². The highest BCUT2D eigenvalue weighted by Crippen LogP contribution is 2.35. The molecular weight excluding hydrogens is 316 g/mol. The van der Waals surface area contributed by atoms with E-state index in [9.17, 15) is 4.79 Å². The number of methoxy groups -OCH3 is 1. The summed E-state index contributed by atoms with van der Waals surface area (Å²) in [6.07, 6.45) is 4.32. The summed E-state index contributed by atoms with van der Waals surface area (Å²) in [5.74, 6) is 0.932. The van der Waals surface area contributed by atoms with Gasteiger partial charge < -0.3 is 14.8 Å². The topological polar surface area (TPSA) is 60.5 Å². The summed E-state index contributed by atoms with van der Waals surface area (Å²) in [6.45, 7) is 1.36. The Hall–Kier alpha value is -2.40. The molecule has 132 valence electrons. The van der Waals surface area contributed by atoms with Crippen molar-refractivity contribution in [3.63, 3.8) is 0 Å². The maximum atomic E-state index is 12.4. The third kappa shape index (κ3) is 4.57. The SMILES string of the molecule is COCCOc1ncccc1CNC(=O)C[C@@H]1CCc2ccccc21. The van der Waals surface area contributed by atoms with E-state index < -0.39 is 0 Å². The predicted molar refractivity (Wildman–Crippen MR) is 95.6 cm³/mol. The molecule has 0 saturated heterocycles. The lowest BCUT2D eigenvalue weighted by Crippen LogP contribution is -2.24. The number of aromatic nitrogens is 1. The third-order valence-electron chi connectivity index (χ3n) is 4.54. The Labute approximate surface area is 148 Å². The second-order valence-electron chi connectivity index (χ2n) is 6.22. The van der Waals surface area contributed by atoms with Crippen molar-refractivity contribution in [3.8, 4) is 5.88 Å². The zero-order valence-corrected chi connectivity index (χ0v) is 14.5. The van der Waals surface area contributed by atoms with Gasteiger partial charge in [-0.1, -0.05) is 30.3 Å². The highest BCUT2D eigenvalue weighted by atomic mass is 16.5. The van der Waals surface area contributed by atoms with Crippen LogP contribution in [0.2, 0.25) is 0 Å². The van der Waals surface area contributed by atoms with Crippen LogP contribution in [-0.2, 0) is 22.5 Å². The molecule has 1 aromatic carbocycles. The summed E-state index contributed by atoms with van der Waals surface area (Å²) in [7, 11) is 1.63. The molecule has 1 amide bonds. The molecule has 0 bridgehead atoms. The van der Waals surface area contributed by atoms with Gasteiger partial charge in [0.05, 0.1) is 6.61 Å². The molecule has 5 heteroatoms. The van der Waals surface area contributed by atoms with Crippen molar-refractivity contribution in [2.24, 2.45) is 0 Å². The lowest BCUT2D eigenvalue weighted by atomic mass is 9.97. The smallest absolute Gasteiger partial charge is 0.220 e. The molecule has 0 fully saturated rings. The fourth-order valence-corrected chi connectivity index (χ4v) is 3.26. The Kier molecular flexibility index (Phi) is 6.01. The van der Waals surface area contributed by atoms with Crippen LogP contribution in [0.1, 0.15) is 35.4 Å². The number of amides is 1. The van der Waals surface area contributed by atoms with Crippen LogP contribution in [0.25, 0.3) is 0 Å². The monoisotopic (exact) mass is 340 g/mol. The number of fused-ring (bicyclic) bond motifs is 1. The van der Waals surface area contributed by atoms with E-state index in [0.29, 0.717) is 38.0 Å². The molecule has 0 saturated carbocycles. The molecule has 0 spiro atoms. The van der Waals surface area contributed by atoms with Crippen molar-refractivity contribution < 1.29 is 14.3 Å². The van der Waals surface area contributed by atoms with Crippen molar-refractivity contribution in [2.45, 2.75) is 31.7 Å². The minimum atomic E-state index is 0.0633. The molecule has 1 aromatic heterocycles. The predicted octanol–water partition coefficient (Wildman–Crippen LogP) is 2.84. The number of hydrogen-bond donors (Lipinski definition) is 1. The molecule has 1 atom stereocenters. The van der Waals surface area contributed by atoms with Crippen molar-refractivity contribution in [3.05, 3.63) is 59.3 Å². The molecule has 2 aromatic rings. The van der Waals surface area contributed by atoms with Crippen LogP contribution in [0, 0.1) is 0 Å². The van der Waals surface area contributed by atoms with E-state index >= 15 is 0 Å². The van der Waals surface area contributed by atoms with E-state index in [-0.39, 0.29) is 5.91 Å². The summed E-state index contributed by atoms with van der Waals surface area (Å²) in [5.41, 5.74) is 3.57. The Morgan fingerprint density at radius 1 is 1.24 bits per heavy atom. The van der Waals surface area contributed by atoms with E-state index in [1.54, 1.807) is 13.3 Å². The lowest BCUT2D eigenvalue weighted by Gasteiger charge is -2.13. The number of carbonyl (C=O) groups excluding carboxylic acids is 1. The largest absolute Gasteiger partial charge is 0.475 e. The highest BCUT2D eigenvalue weighted by Gasteiger charge is 2.24. The van der Waals surface area contributed by atoms with E-state index in [1.165, 1.54) is 11.1 Å². The standard InChI is InChI=1S/C20H24N2O3/c1-24-11-12-25-20-17(6-4-10-21-20)14-22-19(23)13-16-9-8-15-5-2-3-7-18(15)16/h2-7,10,16H,8-9,11-14H2,1H3,(H,22,23)/t16-/m0/s1. The maximum absolute atomic E-state index is 12.4. The quantitative estimate of drug-likeness (QED) is 0.751. The Morgan fingerprint density at radius 3 is 3.00 bits per heavy atom. The first kappa shape index (κ1) is 17.4. The van der Waals surface area contributed by atoms with Gasteiger partial charge in [0, 0.05) is 31.8 Å².